The Morgan fingerprint density at radius 3 is 2.50 bits per heavy atom. The highest BCUT2D eigenvalue weighted by Gasteiger charge is 2.39. The molecule has 0 saturated heterocycles. The van der Waals surface area contributed by atoms with Gasteiger partial charge in [-0.1, -0.05) is 38.3 Å². The number of rotatable bonds is 4. The first-order valence-electron chi connectivity index (χ1n) is 6.74. The summed E-state index contributed by atoms with van der Waals surface area (Å²) in [7, 11) is 1.73. The van der Waals surface area contributed by atoms with E-state index in [-0.39, 0.29) is 17.6 Å². The molecule has 1 aromatic heterocycles. The van der Waals surface area contributed by atoms with Gasteiger partial charge in [-0.05, 0) is 18.8 Å². The number of methoxy groups -OCH3 is 1. The van der Waals surface area contributed by atoms with Crippen LogP contribution in [0.1, 0.15) is 63.7 Å². The van der Waals surface area contributed by atoms with E-state index in [0.717, 1.165) is 25.7 Å². The number of hydrogen-bond acceptors (Lipinski definition) is 5. The standard InChI is InChI=1S/C13H23N3O2/c1-9(2)10(14)11-15-12(16-18-11)13(17-3)7-5-4-6-8-13/h9-10H,4-8,14H2,1-3H3/t10-/m0/s1. The van der Waals surface area contributed by atoms with E-state index in [2.05, 4.69) is 10.1 Å². The van der Waals surface area contributed by atoms with Crippen molar-refractivity contribution in [3.8, 4) is 0 Å². The first-order chi connectivity index (χ1) is 8.59. The van der Waals surface area contributed by atoms with Gasteiger partial charge in [0.25, 0.3) is 0 Å². The van der Waals surface area contributed by atoms with E-state index in [9.17, 15) is 0 Å². The van der Waals surface area contributed by atoms with Crippen molar-refractivity contribution < 1.29 is 9.26 Å². The molecule has 1 aliphatic rings. The highest BCUT2D eigenvalue weighted by Crippen LogP contribution is 2.38. The molecule has 0 amide bonds. The van der Waals surface area contributed by atoms with Crippen LogP contribution in [0, 0.1) is 5.92 Å². The zero-order valence-corrected chi connectivity index (χ0v) is 11.5. The lowest BCUT2D eigenvalue weighted by molar-refractivity contribution is -0.0527. The molecular weight excluding hydrogens is 230 g/mol. The summed E-state index contributed by atoms with van der Waals surface area (Å²) in [5, 5.41) is 4.10. The summed E-state index contributed by atoms with van der Waals surface area (Å²) in [5.41, 5.74) is 5.66. The molecule has 2 N–H and O–H groups in total. The average Bonchev–Trinajstić information content (AvgIpc) is 2.88. The van der Waals surface area contributed by atoms with E-state index in [1.54, 1.807) is 7.11 Å². The average molecular weight is 253 g/mol. The molecule has 0 radical (unpaired) electrons. The molecule has 1 saturated carbocycles. The third-order valence-electron chi connectivity index (χ3n) is 3.90. The summed E-state index contributed by atoms with van der Waals surface area (Å²) in [6, 6.07) is -0.205. The summed E-state index contributed by atoms with van der Waals surface area (Å²) in [4.78, 5) is 4.47. The Kier molecular flexibility index (Phi) is 4.02. The van der Waals surface area contributed by atoms with E-state index >= 15 is 0 Å². The molecule has 1 heterocycles. The summed E-state index contributed by atoms with van der Waals surface area (Å²) in [6.07, 6.45) is 5.46. The maximum absolute atomic E-state index is 6.03. The second kappa shape index (κ2) is 5.36. The Labute approximate surface area is 108 Å². The topological polar surface area (TPSA) is 74.2 Å². The van der Waals surface area contributed by atoms with Gasteiger partial charge in [-0.2, -0.15) is 4.98 Å². The lowest BCUT2D eigenvalue weighted by atomic mass is 9.84. The minimum Gasteiger partial charge on any atom is -0.370 e. The minimum atomic E-state index is -0.364. The van der Waals surface area contributed by atoms with Crippen LogP contribution in [-0.4, -0.2) is 17.3 Å². The van der Waals surface area contributed by atoms with Crippen LogP contribution in [0.15, 0.2) is 4.52 Å². The number of hydrogen-bond donors (Lipinski definition) is 1. The fourth-order valence-electron chi connectivity index (χ4n) is 2.48. The van der Waals surface area contributed by atoms with Gasteiger partial charge >= 0.3 is 0 Å². The summed E-state index contributed by atoms with van der Waals surface area (Å²) in [5.74, 6) is 1.46. The van der Waals surface area contributed by atoms with Crippen molar-refractivity contribution in [2.75, 3.05) is 7.11 Å². The molecule has 0 unspecified atom stereocenters. The number of nitrogens with zero attached hydrogens (tertiary/aromatic N) is 2. The van der Waals surface area contributed by atoms with E-state index in [4.69, 9.17) is 15.0 Å². The second-order valence-corrected chi connectivity index (χ2v) is 5.49. The maximum atomic E-state index is 6.03. The Balaban J connectivity index is 2.22. The van der Waals surface area contributed by atoms with Gasteiger partial charge in [-0.25, -0.2) is 0 Å². The fraction of sp³-hybridized carbons (Fsp3) is 0.846. The van der Waals surface area contributed by atoms with Crippen LogP contribution in [0.2, 0.25) is 0 Å². The van der Waals surface area contributed by atoms with Crippen molar-refractivity contribution in [2.45, 2.75) is 57.6 Å². The van der Waals surface area contributed by atoms with Gasteiger partial charge in [-0.15, -0.1) is 0 Å². The maximum Gasteiger partial charge on any atom is 0.243 e. The molecule has 1 atom stereocenters. The van der Waals surface area contributed by atoms with E-state index in [1.165, 1.54) is 6.42 Å². The van der Waals surface area contributed by atoms with Crippen molar-refractivity contribution in [3.63, 3.8) is 0 Å². The van der Waals surface area contributed by atoms with Gasteiger partial charge < -0.3 is 15.0 Å². The molecule has 0 bridgehead atoms. The Morgan fingerprint density at radius 1 is 1.28 bits per heavy atom. The fourth-order valence-corrected chi connectivity index (χ4v) is 2.48. The Morgan fingerprint density at radius 2 is 1.94 bits per heavy atom. The van der Waals surface area contributed by atoms with Gasteiger partial charge in [-0.3, -0.25) is 0 Å². The van der Waals surface area contributed by atoms with Gasteiger partial charge in [0.2, 0.25) is 11.7 Å². The normalized spacial score (nSPS) is 21.2. The molecule has 2 rings (SSSR count). The summed E-state index contributed by atoms with van der Waals surface area (Å²) in [6.45, 7) is 4.09. The zero-order valence-electron chi connectivity index (χ0n) is 11.5. The van der Waals surface area contributed by atoms with Crippen LogP contribution >= 0.6 is 0 Å². The van der Waals surface area contributed by atoms with Crippen molar-refractivity contribution >= 4 is 0 Å². The van der Waals surface area contributed by atoms with Crippen LogP contribution < -0.4 is 5.73 Å². The van der Waals surface area contributed by atoms with E-state index in [0.29, 0.717) is 11.7 Å². The second-order valence-electron chi connectivity index (χ2n) is 5.49. The number of nitrogens with two attached hydrogens (primary N) is 1. The SMILES string of the molecule is COC1(c2noc([C@@H](N)C(C)C)n2)CCCCC1. The summed E-state index contributed by atoms with van der Waals surface area (Å²) >= 11 is 0. The molecule has 1 aromatic rings. The van der Waals surface area contributed by atoms with E-state index in [1.807, 2.05) is 13.8 Å². The minimum absolute atomic E-state index is 0.205. The van der Waals surface area contributed by atoms with Crippen LogP contribution in [0.4, 0.5) is 0 Å². The van der Waals surface area contributed by atoms with Gasteiger partial charge in [0.15, 0.2) is 0 Å². The van der Waals surface area contributed by atoms with Crippen molar-refractivity contribution in [1.82, 2.24) is 10.1 Å². The zero-order chi connectivity index (χ0) is 13.2. The molecule has 1 aliphatic carbocycles. The highest BCUT2D eigenvalue weighted by atomic mass is 16.5. The predicted octanol–water partition coefficient (Wildman–Crippen LogP) is 2.53. The number of aromatic nitrogens is 2. The highest BCUT2D eigenvalue weighted by molar-refractivity contribution is 5.05. The first kappa shape index (κ1) is 13.5. The molecule has 18 heavy (non-hydrogen) atoms. The van der Waals surface area contributed by atoms with Crippen molar-refractivity contribution in [3.05, 3.63) is 11.7 Å². The van der Waals surface area contributed by atoms with Crippen LogP contribution in [0.3, 0.4) is 0 Å². The van der Waals surface area contributed by atoms with Gasteiger partial charge in [0.1, 0.15) is 5.60 Å². The van der Waals surface area contributed by atoms with Crippen molar-refractivity contribution in [1.29, 1.82) is 0 Å². The van der Waals surface area contributed by atoms with Gasteiger partial charge in [0, 0.05) is 7.11 Å². The van der Waals surface area contributed by atoms with Crippen LogP contribution in [0.25, 0.3) is 0 Å². The third-order valence-corrected chi connectivity index (χ3v) is 3.90. The monoisotopic (exact) mass is 253 g/mol. The predicted molar refractivity (Wildman–Crippen MR) is 67.8 cm³/mol. The third kappa shape index (κ3) is 2.42. The molecule has 102 valence electrons. The Hall–Kier alpha value is -0.940. The van der Waals surface area contributed by atoms with Gasteiger partial charge in [0.05, 0.1) is 6.04 Å². The van der Waals surface area contributed by atoms with Crippen molar-refractivity contribution in [2.24, 2.45) is 11.7 Å². The molecule has 1 fully saturated rings. The summed E-state index contributed by atoms with van der Waals surface area (Å²) < 4.78 is 11.0. The molecule has 5 nitrogen and oxygen atoms in total. The smallest absolute Gasteiger partial charge is 0.243 e. The Bertz CT molecular complexity index is 383. The first-order valence-corrected chi connectivity index (χ1v) is 6.74. The van der Waals surface area contributed by atoms with E-state index < -0.39 is 0 Å². The quantitative estimate of drug-likeness (QED) is 0.892. The molecule has 0 spiro atoms. The molecule has 5 heteroatoms. The molecule has 0 aliphatic heterocycles. The largest absolute Gasteiger partial charge is 0.370 e. The molecule has 0 aromatic carbocycles. The lowest BCUT2D eigenvalue weighted by Crippen LogP contribution is -2.32. The van der Waals surface area contributed by atoms with Crippen LogP contribution in [-0.2, 0) is 10.3 Å². The van der Waals surface area contributed by atoms with Crippen LogP contribution in [0.5, 0.6) is 0 Å². The lowest BCUT2D eigenvalue weighted by Gasteiger charge is -2.32. The number of ether oxygens (including phenoxy) is 1. The molecular formula is C13H23N3O2.